The van der Waals surface area contributed by atoms with Crippen LogP contribution in [0.1, 0.15) is 6.42 Å². The number of methoxy groups -OCH3 is 1. The first kappa shape index (κ1) is 8.49. The number of hydrogen-bond acceptors (Lipinski definition) is 2. The molecule has 0 rings (SSSR count). The fraction of sp³-hybridized carbons (Fsp3) is 0.800. The third kappa shape index (κ3) is 5.36. The lowest BCUT2D eigenvalue weighted by molar-refractivity contribution is 0.171. The Morgan fingerprint density at radius 3 is 2.89 bits per heavy atom. The van der Waals surface area contributed by atoms with Crippen LogP contribution in [0, 0.1) is 0 Å². The van der Waals surface area contributed by atoms with Crippen molar-refractivity contribution in [3.8, 4) is 0 Å². The molecule has 3 nitrogen and oxygen atoms in total. The fourth-order valence-corrected chi connectivity index (χ4v) is 0.793. The molecular weight excluding hydrogens is 134 g/mol. The van der Waals surface area contributed by atoms with Gasteiger partial charge >= 0.3 is 6.09 Å². The summed E-state index contributed by atoms with van der Waals surface area (Å²) in [4.78, 5) is 10.4. The highest BCUT2D eigenvalue weighted by Crippen LogP contribution is 1.80. The molecular formula is C5H13NO2Si. The molecule has 0 heterocycles. The summed E-state index contributed by atoms with van der Waals surface area (Å²) in [7, 11) is 2.58. The van der Waals surface area contributed by atoms with Crippen LogP contribution in [0.2, 0.25) is 6.04 Å². The Hall–Kier alpha value is -0.513. The standard InChI is InChI=1S/C5H13NO2Si/c1-8-5(7)6-3-2-4-9/h2-4H2,1,9H3,(H,6,7). The largest absolute Gasteiger partial charge is 0.453 e. The van der Waals surface area contributed by atoms with Gasteiger partial charge in [0.25, 0.3) is 0 Å². The highest BCUT2D eigenvalue weighted by molar-refractivity contribution is 6.08. The van der Waals surface area contributed by atoms with Gasteiger partial charge in [0.15, 0.2) is 0 Å². The van der Waals surface area contributed by atoms with E-state index in [0.29, 0.717) is 0 Å². The Kier molecular flexibility index (Phi) is 5.30. The van der Waals surface area contributed by atoms with Gasteiger partial charge in [-0.05, 0) is 6.42 Å². The summed E-state index contributed by atoms with van der Waals surface area (Å²) in [5.41, 5.74) is 0. The first-order valence-corrected chi connectivity index (χ1v) is 4.54. The van der Waals surface area contributed by atoms with E-state index < -0.39 is 0 Å². The molecule has 0 aliphatic rings. The van der Waals surface area contributed by atoms with Gasteiger partial charge < -0.3 is 10.1 Å². The molecule has 0 bridgehead atoms. The highest BCUT2D eigenvalue weighted by atomic mass is 28.1. The van der Waals surface area contributed by atoms with Crippen LogP contribution >= 0.6 is 0 Å². The van der Waals surface area contributed by atoms with E-state index in [2.05, 4.69) is 10.1 Å². The molecule has 0 aliphatic carbocycles. The van der Waals surface area contributed by atoms with Crippen molar-refractivity contribution in [3.05, 3.63) is 0 Å². The van der Waals surface area contributed by atoms with E-state index in [-0.39, 0.29) is 6.09 Å². The first-order valence-electron chi connectivity index (χ1n) is 3.13. The zero-order valence-electron chi connectivity index (χ0n) is 5.94. The second kappa shape index (κ2) is 5.62. The summed E-state index contributed by atoms with van der Waals surface area (Å²) in [6, 6.07) is 1.23. The van der Waals surface area contributed by atoms with Gasteiger partial charge in [0.05, 0.1) is 7.11 Å². The van der Waals surface area contributed by atoms with Gasteiger partial charge in [-0.15, -0.1) is 0 Å². The summed E-state index contributed by atoms with van der Waals surface area (Å²) in [6.07, 6.45) is 0.742. The smallest absolute Gasteiger partial charge is 0.406 e. The molecule has 4 heteroatoms. The van der Waals surface area contributed by atoms with Crippen LogP contribution in [-0.2, 0) is 4.74 Å². The maximum Gasteiger partial charge on any atom is 0.406 e. The van der Waals surface area contributed by atoms with Crippen LogP contribution in [0.15, 0.2) is 0 Å². The van der Waals surface area contributed by atoms with Crippen molar-refractivity contribution >= 4 is 16.3 Å². The normalized spacial score (nSPS) is 9.00. The second-order valence-corrected chi connectivity index (χ2v) is 2.77. The maximum absolute atomic E-state index is 10.4. The first-order chi connectivity index (χ1) is 4.31. The zero-order valence-corrected chi connectivity index (χ0v) is 7.94. The molecule has 0 spiro atoms. The Bertz CT molecular complexity index is 87.0. The van der Waals surface area contributed by atoms with Crippen LogP contribution in [0.5, 0.6) is 0 Å². The third-order valence-corrected chi connectivity index (χ3v) is 1.69. The summed E-state index contributed by atoms with van der Waals surface area (Å²) in [6.45, 7) is 0.746. The SMILES string of the molecule is COC(=O)NCCC[SiH3]. The number of carbonyl (C=O) groups is 1. The van der Waals surface area contributed by atoms with Crippen molar-refractivity contribution in [2.24, 2.45) is 0 Å². The molecule has 0 aromatic carbocycles. The van der Waals surface area contributed by atoms with Gasteiger partial charge in [0.1, 0.15) is 0 Å². The van der Waals surface area contributed by atoms with E-state index in [1.165, 1.54) is 23.4 Å². The Morgan fingerprint density at radius 2 is 2.44 bits per heavy atom. The van der Waals surface area contributed by atoms with E-state index in [4.69, 9.17) is 0 Å². The van der Waals surface area contributed by atoms with Gasteiger partial charge in [-0.3, -0.25) is 0 Å². The molecule has 1 amide bonds. The summed E-state index contributed by atoms with van der Waals surface area (Å²) in [5, 5.41) is 2.59. The Morgan fingerprint density at radius 1 is 1.78 bits per heavy atom. The molecule has 0 saturated carbocycles. The monoisotopic (exact) mass is 147 g/mol. The van der Waals surface area contributed by atoms with Gasteiger partial charge in [0, 0.05) is 16.8 Å². The Labute approximate surface area is 58.2 Å². The minimum absolute atomic E-state index is 0.329. The predicted molar refractivity (Wildman–Crippen MR) is 39.8 cm³/mol. The molecule has 0 saturated heterocycles. The Balaban J connectivity index is 2.97. The van der Waals surface area contributed by atoms with Crippen molar-refractivity contribution in [2.75, 3.05) is 13.7 Å². The van der Waals surface area contributed by atoms with Crippen LogP contribution in [0.3, 0.4) is 0 Å². The molecule has 0 aromatic heterocycles. The molecule has 0 fully saturated rings. The minimum atomic E-state index is -0.329. The molecule has 0 radical (unpaired) electrons. The molecule has 9 heavy (non-hydrogen) atoms. The van der Waals surface area contributed by atoms with Crippen LogP contribution in [0.4, 0.5) is 4.79 Å². The van der Waals surface area contributed by atoms with E-state index in [9.17, 15) is 4.79 Å². The number of alkyl carbamates (subject to hydrolysis) is 1. The van der Waals surface area contributed by atoms with Crippen molar-refractivity contribution < 1.29 is 9.53 Å². The van der Waals surface area contributed by atoms with E-state index in [1.54, 1.807) is 0 Å². The van der Waals surface area contributed by atoms with Crippen molar-refractivity contribution in [3.63, 3.8) is 0 Å². The molecule has 0 aromatic rings. The van der Waals surface area contributed by atoms with Gasteiger partial charge in [-0.1, -0.05) is 6.04 Å². The number of amides is 1. The maximum atomic E-state index is 10.4. The molecule has 1 N–H and O–H groups in total. The van der Waals surface area contributed by atoms with E-state index >= 15 is 0 Å². The molecule has 0 unspecified atom stereocenters. The van der Waals surface area contributed by atoms with Crippen molar-refractivity contribution in [1.82, 2.24) is 5.32 Å². The lowest BCUT2D eigenvalue weighted by Gasteiger charge is -1.99. The van der Waals surface area contributed by atoms with Gasteiger partial charge in [0.2, 0.25) is 0 Å². The average molecular weight is 147 g/mol. The highest BCUT2D eigenvalue weighted by Gasteiger charge is 1.93. The average Bonchev–Trinajstić information content (AvgIpc) is 1.89. The molecule has 0 atom stereocenters. The third-order valence-electron chi connectivity index (χ3n) is 0.985. The number of hydrogen-bond donors (Lipinski definition) is 1. The van der Waals surface area contributed by atoms with Gasteiger partial charge in [-0.2, -0.15) is 0 Å². The van der Waals surface area contributed by atoms with E-state index in [1.807, 2.05) is 0 Å². The topological polar surface area (TPSA) is 38.3 Å². The number of rotatable bonds is 3. The lowest BCUT2D eigenvalue weighted by atomic mass is 10.5. The van der Waals surface area contributed by atoms with Crippen molar-refractivity contribution in [1.29, 1.82) is 0 Å². The summed E-state index contributed by atoms with van der Waals surface area (Å²) >= 11 is 0. The van der Waals surface area contributed by atoms with Crippen LogP contribution in [0.25, 0.3) is 0 Å². The molecule has 54 valence electrons. The minimum Gasteiger partial charge on any atom is -0.453 e. The number of carbonyl (C=O) groups excluding carboxylic acids is 1. The molecule has 0 aliphatic heterocycles. The lowest BCUT2D eigenvalue weighted by Crippen LogP contribution is -2.23. The summed E-state index contributed by atoms with van der Waals surface area (Å²) in [5.74, 6) is 0. The van der Waals surface area contributed by atoms with E-state index in [0.717, 1.165) is 13.0 Å². The van der Waals surface area contributed by atoms with Gasteiger partial charge in [-0.25, -0.2) is 4.79 Å². The number of ether oxygens (including phenoxy) is 1. The quantitative estimate of drug-likeness (QED) is 0.432. The zero-order chi connectivity index (χ0) is 7.11. The number of nitrogens with one attached hydrogen (secondary N) is 1. The predicted octanol–water partition coefficient (Wildman–Crippen LogP) is -0.484. The fourth-order valence-electron chi connectivity index (χ4n) is 0.439. The second-order valence-electron chi connectivity index (χ2n) is 1.77. The summed E-state index contributed by atoms with van der Waals surface area (Å²) < 4.78 is 4.36. The van der Waals surface area contributed by atoms with Crippen molar-refractivity contribution in [2.45, 2.75) is 12.5 Å². The van der Waals surface area contributed by atoms with Crippen LogP contribution < -0.4 is 5.32 Å². The van der Waals surface area contributed by atoms with Crippen LogP contribution in [-0.4, -0.2) is 30.0 Å².